The molecule has 0 atom stereocenters. The van der Waals surface area contributed by atoms with Gasteiger partial charge in [0.25, 0.3) is 5.69 Å². The van der Waals surface area contributed by atoms with Gasteiger partial charge in [-0.2, -0.15) is 0 Å². The first-order valence-electron chi connectivity index (χ1n) is 8.21. The van der Waals surface area contributed by atoms with Crippen LogP contribution in [0.15, 0.2) is 48.5 Å². The van der Waals surface area contributed by atoms with Crippen LogP contribution in [0.2, 0.25) is 0 Å². The van der Waals surface area contributed by atoms with Crippen molar-refractivity contribution < 1.29 is 4.92 Å². The van der Waals surface area contributed by atoms with Gasteiger partial charge in [-0.3, -0.25) is 10.1 Å². The molecule has 122 valence electrons. The average molecular weight is 322 g/mol. The van der Waals surface area contributed by atoms with E-state index in [1.165, 1.54) is 25.0 Å². The molecular formula is C18H18N4O2. The van der Waals surface area contributed by atoms with E-state index in [-0.39, 0.29) is 5.69 Å². The number of rotatable bonds is 4. The molecule has 1 fully saturated rings. The molecule has 0 aliphatic heterocycles. The lowest BCUT2D eigenvalue weighted by atomic mass is 10.2. The number of benzene rings is 2. The van der Waals surface area contributed by atoms with E-state index < -0.39 is 4.92 Å². The first kappa shape index (κ1) is 14.7. The Morgan fingerprint density at radius 2 is 1.79 bits per heavy atom. The molecule has 6 heteroatoms. The number of hydrogen-bond acceptors (Lipinski definition) is 4. The Labute approximate surface area is 139 Å². The van der Waals surface area contributed by atoms with E-state index in [1.807, 2.05) is 18.2 Å². The Morgan fingerprint density at radius 3 is 2.50 bits per heavy atom. The summed E-state index contributed by atoms with van der Waals surface area (Å²) in [5.74, 6) is 0.803. The maximum Gasteiger partial charge on any atom is 0.269 e. The van der Waals surface area contributed by atoms with Gasteiger partial charge in [0, 0.05) is 23.9 Å². The summed E-state index contributed by atoms with van der Waals surface area (Å²) in [6.45, 7) is 0. The van der Waals surface area contributed by atoms with Crippen LogP contribution >= 0.6 is 0 Å². The van der Waals surface area contributed by atoms with Crippen LogP contribution in [0.5, 0.6) is 0 Å². The molecular weight excluding hydrogens is 304 g/mol. The highest BCUT2D eigenvalue weighted by Crippen LogP contribution is 2.36. The van der Waals surface area contributed by atoms with Crippen molar-refractivity contribution in [3.63, 3.8) is 0 Å². The van der Waals surface area contributed by atoms with Crippen molar-refractivity contribution >= 4 is 28.4 Å². The molecule has 0 spiro atoms. The highest BCUT2D eigenvalue weighted by atomic mass is 16.6. The minimum atomic E-state index is -0.391. The summed E-state index contributed by atoms with van der Waals surface area (Å²) >= 11 is 0. The van der Waals surface area contributed by atoms with Crippen LogP contribution in [0, 0.1) is 10.1 Å². The van der Waals surface area contributed by atoms with Crippen molar-refractivity contribution in [2.75, 3.05) is 5.32 Å². The monoisotopic (exact) mass is 322 g/mol. The molecule has 0 amide bonds. The number of aromatic nitrogens is 2. The maximum absolute atomic E-state index is 10.8. The normalized spacial score (nSPS) is 15.0. The highest BCUT2D eigenvalue weighted by Gasteiger charge is 2.22. The number of para-hydroxylation sites is 2. The second-order valence-corrected chi connectivity index (χ2v) is 6.16. The number of non-ortho nitro benzene ring substituents is 1. The molecule has 0 unspecified atom stereocenters. The molecule has 1 aliphatic rings. The quantitative estimate of drug-likeness (QED) is 0.553. The van der Waals surface area contributed by atoms with Crippen LogP contribution in [0.1, 0.15) is 31.7 Å². The van der Waals surface area contributed by atoms with Gasteiger partial charge in [-0.15, -0.1) is 0 Å². The summed E-state index contributed by atoms with van der Waals surface area (Å²) in [6.07, 6.45) is 4.81. The van der Waals surface area contributed by atoms with Crippen LogP contribution in [0.25, 0.3) is 11.0 Å². The van der Waals surface area contributed by atoms with E-state index in [2.05, 4.69) is 16.0 Å². The lowest BCUT2D eigenvalue weighted by Crippen LogP contribution is -2.08. The first-order valence-corrected chi connectivity index (χ1v) is 8.21. The topological polar surface area (TPSA) is 73.0 Å². The number of imidazole rings is 1. The van der Waals surface area contributed by atoms with E-state index in [0.717, 1.165) is 35.5 Å². The molecule has 1 aromatic heterocycles. The van der Waals surface area contributed by atoms with Crippen molar-refractivity contribution in [3.8, 4) is 0 Å². The Bertz CT molecular complexity index is 880. The van der Waals surface area contributed by atoms with Gasteiger partial charge in [-0.1, -0.05) is 25.0 Å². The number of nitrogens with zero attached hydrogens (tertiary/aromatic N) is 3. The lowest BCUT2D eigenvalue weighted by molar-refractivity contribution is -0.384. The summed E-state index contributed by atoms with van der Waals surface area (Å²) in [5.41, 5.74) is 2.99. The number of hydrogen-bond donors (Lipinski definition) is 1. The van der Waals surface area contributed by atoms with E-state index >= 15 is 0 Å². The van der Waals surface area contributed by atoms with Gasteiger partial charge >= 0.3 is 0 Å². The fourth-order valence-corrected chi connectivity index (χ4v) is 3.46. The number of nitrogens with one attached hydrogen (secondary N) is 1. The largest absolute Gasteiger partial charge is 0.326 e. The van der Waals surface area contributed by atoms with E-state index in [1.54, 1.807) is 12.1 Å². The molecule has 24 heavy (non-hydrogen) atoms. The highest BCUT2D eigenvalue weighted by molar-refractivity contribution is 5.80. The number of fused-ring (bicyclic) bond motifs is 1. The molecule has 1 heterocycles. The smallest absolute Gasteiger partial charge is 0.269 e. The van der Waals surface area contributed by atoms with Crippen molar-refractivity contribution in [1.29, 1.82) is 0 Å². The summed E-state index contributed by atoms with van der Waals surface area (Å²) < 4.78 is 2.28. The van der Waals surface area contributed by atoms with E-state index in [4.69, 9.17) is 4.98 Å². The van der Waals surface area contributed by atoms with Crippen molar-refractivity contribution in [2.24, 2.45) is 0 Å². The Hall–Kier alpha value is -2.89. The molecule has 4 rings (SSSR count). The zero-order chi connectivity index (χ0) is 16.5. The summed E-state index contributed by atoms with van der Waals surface area (Å²) in [4.78, 5) is 15.1. The third kappa shape index (κ3) is 2.60. The van der Waals surface area contributed by atoms with Gasteiger partial charge in [-0.25, -0.2) is 4.98 Å². The molecule has 0 radical (unpaired) electrons. The molecule has 0 saturated heterocycles. The van der Waals surface area contributed by atoms with Gasteiger partial charge in [0.15, 0.2) is 0 Å². The van der Waals surface area contributed by atoms with Gasteiger partial charge in [-0.05, 0) is 37.1 Å². The number of anilines is 2. The fourth-order valence-electron chi connectivity index (χ4n) is 3.46. The molecule has 1 saturated carbocycles. The zero-order valence-electron chi connectivity index (χ0n) is 13.2. The Balaban J connectivity index is 1.72. The Kier molecular flexibility index (Phi) is 3.65. The van der Waals surface area contributed by atoms with E-state index in [0.29, 0.717) is 6.04 Å². The molecule has 1 aliphatic carbocycles. The average Bonchev–Trinajstić information content (AvgIpc) is 3.22. The molecule has 1 N–H and O–H groups in total. The van der Waals surface area contributed by atoms with Crippen molar-refractivity contribution in [1.82, 2.24) is 9.55 Å². The Morgan fingerprint density at radius 1 is 1.08 bits per heavy atom. The van der Waals surface area contributed by atoms with Crippen LogP contribution in [-0.2, 0) is 0 Å². The van der Waals surface area contributed by atoms with E-state index in [9.17, 15) is 10.1 Å². The maximum atomic E-state index is 10.8. The molecule has 0 bridgehead atoms. The van der Waals surface area contributed by atoms with Gasteiger partial charge in [0.2, 0.25) is 5.95 Å². The van der Waals surface area contributed by atoms with Gasteiger partial charge in [0.05, 0.1) is 16.0 Å². The molecule has 3 aromatic rings. The number of nitro groups is 1. The van der Waals surface area contributed by atoms with Crippen LogP contribution in [-0.4, -0.2) is 14.5 Å². The number of nitro benzene ring substituents is 1. The van der Waals surface area contributed by atoms with Crippen LogP contribution in [0.4, 0.5) is 17.3 Å². The lowest BCUT2D eigenvalue weighted by Gasteiger charge is -2.17. The third-order valence-electron chi connectivity index (χ3n) is 4.62. The van der Waals surface area contributed by atoms with Crippen molar-refractivity contribution in [3.05, 3.63) is 58.6 Å². The standard InChI is InChI=1S/C18H18N4O2/c23-22(24)15-11-9-13(10-12-15)19-18-20-16-7-3-4-8-17(16)21(18)14-5-1-2-6-14/h3-4,7-12,14H,1-2,5-6H2,(H,19,20). The first-order chi connectivity index (χ1) is 11.7. The minimum absolute atomic E-state index is 0.0878. The molecule has 2 aromatic carbocycles. The second-order valence-electron chi connectivity index (χ2n) is 6.16. The predicted octanol–water partition coefficient (Wildman–Crippen LogP) is 4.80. The predicted molar refractivity (Wildman–Crippen MR) is 93.6 cm³/mol. The van der Waals surface area contributed by atoms with Gasteiger partial charge in [0.1, 0.15) is 0 Å². The summed E-state index contributed by atoms with van der Waals surface area (Å²) in [5, 5.41) is 14.1. The second kappa shape index (κ2) is 5.96. The minimum Gasteiger partial charge on any atom is -0.326 e. The third-order valence-corrected chi connectivity index (χ3v) is 4.62. The summed E-state index contributed by atoms with van der Waals surface area (Å²) in [6, 6.07) is 15.0. The van der Waals surface area contributed by atoms with Crippen LogP contribution in [0.3, 0.4) is 0 Å². The van der Waals surface area contributed by atoms with Gasteiger partial charge < -0.3 is 9.88 Å². The molecule has 6 nitrogen and oxygen atoms in total. The summed E-state index contributed by atoms with van der Waals surface area (Å²) in [7, 11) is 0. The van der Waals surface area contributed by atoms with Crippen LogP contribution < -0.4 is 5.32 Å². The van der Waals surface area contributed by atoms with Crippen molar-refractivity contribution in [2.45, 2.75) is 31.7 Å². The fraction of sp³-hybridized carbons (Fsp3) is 0.278. The SMILES string of the molecule is O=[N+]([O-])c1ccc(Nc2nc3ccccc3n2C2CCCC2)cc1. The zero-order valence-corrected chi connectivity index (χ0v) is 13.2.